The Bertz CT molecular complexity index is 880. The molecule has 0 radical (unpaired) electrons. The van der Waals surface area contributed by atoms with E-state index in [-0.39, 0.29) is 17.4 Å². The molecule has 2 aromatic carbocycles. The van der Waals surface area contributed by atoms with E-state index in [0.717, 1.165) is 10.5 Å². The van der Waals surface area contributed by atoms with Crippen LogP contribution < -0.4 is 10.0 Å². The molecule has 7 heteroatoms. The maximum atomic E-state index is 12.3. The van der Waals surface area contributed by atoms with Crippen molar-refractivity contribution in [3.05, 3.63) is 53.6 Å². The smallest absolute Gasteiger partial charge is 0.234 e. The van der Waals surface area contributed by atoms with Gasteiger partial charge in [-0.2, -0.15) is 0 Å². The summed E-state index contributed by atoms with van der Waals surface area (Å²) < 4.78 is 26.5. The van der Waals surface area contributed by atoms with Gasteiger partial charge in [-0.1, -0.05) is 31.2 Å². The number of hydrogen-bond acceptors (Lipinski definition) is 4. The Morgan fingerprint density at radius 3 is 2.42 bits per heavy atom. The summed E-state index contributed by atoms with van der Waals surface area (Å²) in [5.74, 6) is 0.224. The lowest BCUT2D eigenvalue weighted by Gasteiger charge is -2.14. The minimum absolute atomic E-state index is 0.0656. The molecule has 0 saturated carbocycles. The second-order valence-corrected chi connectivity index (χ2v) is 8.86. The maximum absolute atomic E-state index is 12.3. The van der Waals surface area contributed by atoms with Crippen molar-refractivity contribution in [1.29, 1.82) is 0 Å². The summed E-state index contributed by atoms with van der Waals surface area (Å²) in [6, 6.07) is 13.1. The number of anilines is 2. The van der Waals surface area contributed by atoms with E-state index in [1.54, 1.807) is 25.1 Å². The molecule has 0 aromatic heterocycles. The molecule has 0 saturated heterocycles. The van der Waals surface area contributed by atoms with Gasteiger partial charge in [-0.05, 0) is 49.6 Å². The lowest BCUT2D eigenvalue weighted by molar-refractivity contribution is -0.113. The first-order valence-electron chi connectivity index (χ1n) is 8.41. The first kappa shape index (κ1) is 20.3. The second-order valence-electron chi connectivity index (χ2n) is 6.00. The lowest BCUT2D eigenvalue weighted by Crippen LogP contribution is -2.18. The molecule has 2 N–H and O–H groups in total. The van der Waals surface area contributed by atoms with Gasteiger partial charge < -0.3 is 5.32 Å². The van der Waals surface area contributed by atoms with Crippen LogP contribution in [0.15, 0.2) is 47.4 Å². The summed E-state index contributed by atoms with van der Waals surface area (Å²) in [5, 5.41) is 2.86. The Hall–Kier alpha value is -1.99. The van der Waals surface area contributed by atoms with Crippen molar-refractivity contribution in [2.75, 3.05) is 21.5 Å². The van der Waals surface area contributed by atoms with Gasteiger partial charge in [-0.15, -0.1) is 11.8 Å². The number of carbonyl (C=O) groups is 1. The van der Waals surface area contributed by atoms with Crippen LogP contribution in [0.1, 0.15) is 24.5 Å². The quantitative estimate of drug-likeness (QED) is 0.661. The number of benzene rings is 2. The number of carbonyl (C=O) groups excluding carboxylic acids is 1. The average Bonchev–Trinajstić information content (AvgIpc) is 2.57. The van der Waals surface area contributed by atoms with Gasteiger partial charge in [0.05, 0.1) is 17.2 Å². The SMILES string of the molecule is CCCS(=O)(=O)Nc1cccc(NC(=O)CSc2ccccc2C)c1C. The molecule has 2 rings (SSSR count). The molecular formula is C19H24N2O3S2. The summed E-state index contributed by atoms with van der Waals surface area (Å²) >= 11 is 1.48. The van der Waals surface area contributed by atoms with Crippen molar-refractivity contribution in [2.24, 2.45) is 0 Å². The van der Waals surface area contributed by atoms with Crippen LogP contribution in [-0.4, -0.2) is 25.8 Å². The van der Waals surface area contributed by atoms with Crippen LogP contribution in [0.2, 0.25) is 0 Å². The minimum Gasteiger partial charge on any atom is -0.325 e. The Kier molecular flexibility index (Phi) is 7.11. The highest BCUT2D eigenvalue weighted by Crippen LogP contribution is 2.26. The van der Waals surface area contributed by atoms with Crippen LogP contribution in [0.4, 0.5) is 11.4 Å². The van der Waals surface area contributed by atoms with E-state index in [0.29, 0.717) is 23.4 Å². The molecule has 1 amide bonds. The van der Waals surface area contributed by atoms with Crippen LogP contribution in [0, 0.1) is 13.8 Å². The third-order valence-electron chi connectivity index (χ3n) is 3.80. The molecule has 0 aliphatic carbocycles. The van der Waals surface area contributed by atoms with E-state index < -0.39 is 10.0 Å². The van der Waals surface area contributed by atoms with E-state index in [2.05, 4.69) is 10.0 Å². The zero-order valence-electron chi connectivity index (χ0n) is 15.2. The maximum Gasteiger partial charge on any atom is 0.234 e. The van der Waals surface area contributed by atoms with E-state index in [4.69, 9.17) is 0 Å². The highest BCUT2D eigenvalue weighted by Gasteiger charge is 2.13. The zero-order valence-corrected chi connectivity index (χ0v) is 16.8. The van der Waals surface area contributed by atoms with E-state index >= 15 is 0 Å². The molecule has 0 spiro atoms. The molecule has 2 aromatic rings. The molecule has 0 heterocycles. The largest absolute Gasteiger partial charge is 0.325 e. The molecule has 26 heavy (non-hydrogen) atoms. The third kappa shape index (κ3) is 5.78. The first-order chi connectivity index (χ1) is 12.3. The fourth-order valence-electron chi connectivity index (χ4n) is 2.42. The standard InChI is InChI=1S/C19H24N2O3S2/c1-4-12-26(23,24)21-17-10-7-9-16(15(17)3)20-19(22)13-25-18-11-6-5-8-14(18)2/h5-11,21H,4,12-13H2,1-3H3,(H,20,22). The van der Waals surface area contributed by atoms with Crippen molar-refractivity contribution >= 4 is 39.1 Å². The summed E-state index contributed by atoms with van der Waals surface area (Å²) in [6.45, 7) is 5.61. The highest BCUT2D eigenvalue weighted by atomic mass is 32.2. The van der Waals surface area contributed by atoms with Gasteiger partial charge in [-0.3, -0.25) is 9.52 Å². The number of nitrogens with one attached hydrogen (secondary N) is 2. The Balaban J connectivity index is 2.04. The van der Waals surface area contributed by atoms with E-state index in [1.165, 1.54) is 11.8 Å². The number of sulfonamides is 1. The highest BCUT2D eigenvalue weighted by molar-refractivity contribution is 8.00. The fraction of sp³-hybridized carbons (Fsp3) is 0.316. The number of amides is 1. The fourth-order valence-corrected chi connectivity index (χ4v) is 4.44. The normalized spacial score (nSPS) is 11.2. The predicted molar refractivity (Wildman–Crippen MR) is 109 cm³/mol. The summed E-state index contributed by atoms with van der Waals surface area (Å²) in [4.78, 5) is 13.3. The number of thioether (sulfide) groups is 1. The predicted octanol–water partition coefficient (Wildman–Crippen LogP) is 4.19. The molecule has 0 bridgehead atoms. The minimum atomic E-state index is -3.37. The number of rotatable bonds is 8. The zero-order chi connectivity index (χ0) is 19.2. The Morgan fingerprint density at radius 2 is 1.73 bits per heavy atom. The van der Waals surface area contributed by atoms with Crippen molar-refractivity contribution in [2.45, 2.75) is 32.1 Å². The molecule has 0 atom stereocenters. The van der Waals surface area contributed by atoms with Gasteiger partial charge in [-0.25, -0.2) is 8.42 Å². The topological polar surface area (TPSA) is 75.3 Å². The van der Waals surface area contributed by atoms with Gasteiger partial charge in [0.2, 0.25) is 15.9 Å². The van der Waals surface area contributed by atoms with E-state index in [9.17, 15) is 13.2 Å². The molecule has 0 aliphatic heterocycles. The molecule has 0 aliphatic rings. The van der Waals surface area contributed by atoms with E-state index in [1.807, 2.05) is 38.1 Å². The third-order valence-corrected chi connectivity index (χ3v) is 6.45. The molecular weight excluding hydrogens is 368 g/mol. The molecule has 0 fully saturated rings. The lowest BCUT2D eigenvalue weighted by atomic mass is 10.1. The van der Waals surface area contributed by atoms with Gasteiger partial charge in [0.1, 0.15) is 0 Å². The van der Waals surface area contributed by atoms with Crippen molar-refractivity contribution < 1.29 is 13.2 Å². The van der Waals surface area contributed by atoms with Crippen molar-refractivity contribution in [3.8, 4) is 0 Å². The summed E-state index contributed by atoms with van der Waals surface area (Å²) in [6.07, 6.45) is 0.543. The number of hydrogen-bond donors (Lipinski definition) is 2. The van der Waals surface area contributed by atoms with Crippen LogP contribution in [0.5, 0.6) is 0 Å². The van der Waals surface area contributed by atoms with Crippen LogP contribution >= 0.6 is 11.8 Å². The molecule has 0 unspecified atom stereocenters. The van der Waals surface area contributed by atoms with Gasteiger partial charge >= 0.3 is 0 Å². The Labute approximate surface area is 159 Å². The van der Waals surface area contributed by atoms with Crippen LogP contribution in [0.25, 0.3) is 0 Å². The van der Waals surface area contributed by atoms with Crippen LogP contribution in [0.3, 0.4) is 0 Å². The van der Waals surface area contributed by atoms with Crippen molar-refractivity contribution in [3.63, 3.8) is 0 Å². The average molecular weight is 393 g/mol. The van der Waals surface area contributed by atoms with Crippen molar-refractivity contribution in [1.82, 2.24) is 0 Å². The van der Waals surface area contributed by atoms with Crippen LogP contribution in [-0.2, 0) is 14.8 Å². The first-order valence-corrected chi connectivity index (χ1v) is 11.0. The summed E-state index contributed by atoms with van der Waals surface area (Å²) in [5.41, 5.74) is 2.93. The number of aryl methyl sites for hydroxylation is 1. The second kappa shape index (κ2) is 9.09. The summed E-state index contributed by atoms with van der Waals surface area (Å²) in [7, 11) is -3.37. The molecule has 5 nitrogen and oxygen atoms in total. The molecule has 140 valence electrons. The van der Waals surface area contributed by atoms with Gasteiger partial charge in [0, 0.05) is 10.6 Å². The van der Waals surface area contributed by atoms with Gasteiger partial charge in [0.15, 0.2) is 0 Å². The monoisotopic (exact) mass is 392 g/mol. The Morgan fingerprint density at radius 1 is 1.04 bits per heavy atom. The van der Waals surface area contributed by atoms with Gasteiger partial charge in [0.25, 0.3) is 0 Å².